The van der Waals surface area contributed by atoms with Crippen LogP contribution in [0.25, 0.3) is 0 Å². The van der Waals surface area contributed by atoms with Crippen molar-refractivity contribution in [3.8, 4) is 0 Å². The lowest BCUT2D eigenvalue weighted by molar-refractivity contribution is 0.160. The third-order valence-corrected chi connectivity index (χ3v) is 3.28. The highest BCUT2D eigenvalue weighted by atomic mass is 19.1. The van der Waals surface area contributed by atoms with E-state index in [-0.39, 0.29) is 5.83 Å². The molecular formula is C14H21FN2. The molecule has 0 atom stereocenters. The first-order chi connectivity index (χ1) is 8.00. The average molecular weight is 236 g/mol. The molecule has 94 valence electrons. The van der Waals surface area contributed by atoms with Gasteiger partial charge in [0.2, 0.25) is 0 Å². The first-order valence-corrected chi connectivity index (χ1v) is 6.31. The van der Waals surface area contributed by atoms with Crippen molar-refractivity contribution in [2.24, 2.45) is 0 Å². The molecule has 0 saturated heterocycles. The summed E-state index contributed by atoms with van der Waals surface area (Å²) in [6.45, 7) is 9.89. The van der Waals surface area contributed by atoms with Crippen molar-refractivity contribution in [3.63, 3.8) is 0 Å². The Labute approximate surface area is 103 Å². The molecule has 0 spiro atoms. The van der Waals surface area contributed by atoms with Crippen molar-refractivity contribution >= 4 is 0 Å². The van der Waals surface area contributed by atoms with E-state index in [1.165, 1.54) is 5.82 Å². The molecule has 0 fully saturated rings. The molecule has 0 saturated carbocycles. The number of nitrogens with zero attached hydrogens (tertiary/aromatic N) is 2. The molecule has 0 aromatic heterocycles. The zero-order chi connectivity index (χ0) is 12.6. The fourth-order valence-corrected chi connectivity index (χ4v) is 2.40. The summed E-state index contributed by atoms with van der Waals surface area (Å²) in [6.07, 6.45) is 5.80. The molecule has 2 aliphatic rings. The second-order valence-corrected chi connectivity index (χ2v) is 5.24. The van der Waals surface area contributed by atoms with E-state index in [0.717, 1.165) is 12.1 Å². The van der Waals surface area contributed by atoms with Crippen molar-refractivity contribution < 1.29 is 4.39 Å². The largest absolute Gasteiger partial charge is 0.352 e. The molecule has 0 N–H and O–H groups in total. The predicted molar refractivity (Wildman–Crippen MR) is 69.0 cm³/mol. The van der Waals surface area contributed by atoms with Crippen LogP contribution in [0.4, 0.5) is 4.39 Å². The lowest BCUT2D eigenvalue weighted by Gasteiger charge is -2.44. The fraction of sp³-hybridized carbons (Fsp3) is 0.571. The van der Waals surface area contributed by atoms with Crippen LogP contribution in [0, 0.1) is 0 Å². The minimum absolute atomic E-state index is 0.0484. The molecule has 17 heavy (non-hydrogen) atoms. The summed E-state index contributed by atoms with van der Waals surface area (Å²) in [4.78, 5) is 4.48. The summed E-state index contributed by atoms with van der Waals surface area (Å²) < 4.78 is 13.6. The van der Waals surface area contributed by atoms with Crippen LogP contribution < -0.4 is 0 Å². The van der Waals surface area contributed by atoms with E-state index in [2.05, 4.69) is 43.6 Å². The molecule has 3 heteroatoms. The SMILES string of the molecule is CC(C)N1CC=CC2=C1N(C(C)C)CC(F)=C2. The van der Waals surface area contributed by atoms with E-state index >= 15 is 0 Å². The first kappa shape index (κ1) is 12.2. The van der Waals surface area contributed by atoms with Gasteiger partial charge >= 0.3 is 0 Å². The Morgan fingerprint density at radius 3 is 2.35 bits per heavy atom. The van der Waals surface area contributed by atoms with E-state index in [1.807, 2.05) is 6.08 Å². The second kappa shape index (κ2) is 4.55. The van der Waals surface area contributed by atoms with Gasteiger partial charge in [-0.3, -0.25) is 0 Å². The molecule has 2 aliphatic heterocycles. The van der Waals surface area contributed by atoms with Crippen molar-refractivity contribution in [1.29, 1.82) is 0 Å². The molecule has 0 amide bonds. The Bertz CT molecular complexity index is 391. The Kier molecular flexibility index (Phi) is 3.27. The van der Waals surface area contributed by atoms with Crippen molar-refractivity contribution in [3.05, 3.63) is 35.4 Å². The summed E-state index contributed by atoms with van der Waals surface area (Å²) in [5.41, 5.74) is 1.00. The van der Waals surface area contributed by atoms with Gasteiger partial charge in [-0.25, -0.2) is 4.39 Å². The van der Waals surface area contributed by atoms with Crippen molar-refractivity contribution in [2.45, 2.75) is 39.8 Å². The quantitative estimate of drug-likeness (QED) is 0.727. The van der Waals surface area contributed by atoms with Gasteiger partial charge in [0, 0.05) is 24.2 Å². The molecule has 0 bridgehead atoms. The van der Waals surface area contributed by atoms with Crippen LogP contribution in [0.3, 0.4) is 0 Å². The zero-order valence-electron chi connectivity index (χ0n) is 11.1. The van der Waals surface area contributed by atoms with Gasteiger partial charge < -0.3 is 9.80 Å². The number of rotatable bonds is 2. The smallest absolute Gasteiger partial charge is 0.120 e. The van der Waals surface area contributed by atoms with Gasteiger partial charge in [0.25, 0.3) is 0 Å². The number of hydrogen-bond acceptors (Lipinski definition) is 2. The fourth-order valence-electron chi connectivity index (χ4n) is 2.40. The molecule has 0 aliphatic carbocycles. The highest BCUT2D eigenvalue weighted by molar-refractivity contribution is 5.42. The maximum Gasteiger partial charge on any atom is 0.120 e. The number of hydrogen-bond donors (Lipinski definition) is 0. The normalized spacial score (nSPS) is 20.3. The zero-order valence-corrected chi connectivity index (χ0v) is 11.1. The van der Waals surface area contributed by atoms with Crippen LogP contribution in [-0.4, -0.2) is 35.0 Å². The monoisotopic (exact) mass is 236 g/mol. The standard InChI is InChI=1S/C14H21FN2/c1-10(2)16-7-5-6-12-8-13(15)9-17(11(3)4)14(12)16/h5-6,8,10-11H,7,9H2,1-4H3. The third-order valence-electron chi connectivity index (χ3n) is 3.28. The van der Waals surface area contributed by atoms with Crippen LogP contribution in [0.2, 0.25) is 0 Å². The second-order valence-electron chi connectivity index (χ2n) is 5.24. The molecule has 0 radical (unpaired) electrons. The predicted octanol–water partition coefficient (Wildman–Crippen LogP) is 3.06. The molecule has 2 heterocycles. The van der Waals surface area contributed by atoms with Crippen LogP contribution >= 0.6 is 0 Å². The molecule has 2 nitrogen and oxygen atoms in total. The van der Waals surface area contributed by atoms with Gasteiger partial charge in [0.1, 0.15) is 11.6 Å². The maximum absolute atomic E-state index is 13.6. The molecule has 0 unspecified atom stereocenters. The van der Waals surface area contributed by atoms with Gasteiger partial charge in [-0.2, -0.15) is 0 Å². The Hall–Kier alpha value is -1.25. The lowest BCUT2D eigenvalue weighted by atomic mass is 10.0. The minimum Gasteiger partial charge on any atom is -0.352 e. The minimum atomic E-state index is -0.0484. The van der Waals surface area contributed by atoms with Crippen LogP contribution in [-0.2, 0) is 0 Å². The van der Waals surface area contributed by atoms with E-state index in [9.17, 15) is 4.39 Å². The summed E-state index contributed by atoms with van der Waals surface area (Å²) in [5.74, 6) is 1.13. The topological polar surface area (TPSA) is 6.48 Å². The van der Waals surface area contributed by atoms with Crippen molar-refractivity contribution in [2.75, 3.05) is 13.1 Å². The van der Waals surface area contributed by atoms with Gasteiger partial charge in [0.15, 0.2) is 0 Å². The van der Waals surface area contributed by atoms with Crippen molar-refractivity contribution in [1.82, 2.24) is 9.80 Å². The van der Waals surface area contributed by atoms with Gasteiger partial charge in [-0.1, -0.05) is 12.2 Å². The van der Waals surface area contributed by atoms with Gasteiger partial charge in [0.05, 0.1) is 6.54 Å². The highest BCUT2D eigenvalue weighted by Crippen LogP contribution is 2.30. The van der Waals surface area contributed by atoms with Gasteiger partial charge in [-0.05, 0) is 33.8 Å². The maximum atomic E-state index is 13.6. The highest BCUT2D eigenvalue weighted by Gasteiger charge is 2.28. The summed E-state index contributed by atoms with van der Waals surface area (Å²) in [5, 5.41) is 0. The molecule has 0 aromatic carbocycles. The van der Waals surface area contributed by atoms with E-state index in [1.54, 1.807) is 6.08 Å². The lowest BCUT2D eigenvalue weighted by Crippen LogP contribution is -2.46. The summed E-state index contributed by atoms with van der Waals surface area (Å²) in [7, 11) is 0. The molecule has 2 rings (SSSR count). The van der Waals surface area contributed by atoms with E-state index in [4.69, 9.17) is 0 Å². The average Bonchev–Trinajstić information content (AvgIpc) is 2.26. The Morgan fingerprint density at radius 1 is 1.12 bits per heavy atom. The molecule has 0 aromatic rings. The number of halogens is 1. The summed E-state index contributed by atoms with van der Waals surface area (Å²) >= 11 is 0. The Balaban J connectivity index is 2.44. The third kappa shape index (κ3) is 2.24. The first-order valence-electron chi connectivity index (χ1n) is 6.31. The van der Waals surface area contributed by atoms with Crippen LogP contribution in [0.1, 0.15) is 27.7 Å². The summed E-state index contributed by atoms with van der Waals surface area (Å²) in [6, 6.07) is 0.743. The van der Waals surface area contributed by atoms with E-state index in [0.29, 0.717) is 18.6 Å². The van der Waals surface area contributed by atoms with Gasteiger partial charge in [-0.15, -0.1) is 0 Å². The molecular weight excluding hydrogens is 215 g/mol. The van der Waals surface area contributed by atoms with E-state index < -0.39 is 0 Å². The van der Waals surface area contributed by atoms with Crippen LogP contribution in [0.5, 0.6) is 0 Å². The van der Waals surface area contributed by atoms with Crippen LogP contribution in [0.15, 0.2) is 35.4 Å². The number of allylic oxidation sites excluding steroid dienone is 3. The Morgan fingerprint density at radius 2 is 1.76 bits per heavy atom.